The Labute approximate surface area is 110 Å². The fourth-order valence-corrected chi connectivity index (χ4v) is 2.14. The van der Waals surface area contributed by atoms with Gasteiger partial charge in [-0.1, -0.05) is 6.08 Å². The van der Waals surface area contributed by atoms with Gasteiger partial charge in [-0.2, -0.15) is 0 Å². The Morgan fingerprint density at radius 2 is 2.16 bits per heavy atom. The summed E-state index contributed by atoms with van der Waals surface area (Å²) >= 11 is 0. The molecule has 6 heteroatoms. The minimum absolute atomic E-state index is 0.0460. The number of carboxylic acid groups (broad SMARTS) is 2. The van der Waals surface area contributed by atoms with Gasteiger partial charge >= 0.3 is 11.9 Å². The standard InChI is InChI=1S/C13H16O6/c1-3-6-19-13(7-14)5-4-9(11(15)16)8(2)10(13)12(17)18/h3-5,10,14H,1,6-7H2,2H3,(H,15,16)(H,17,18). The summed E-state index contributed by atoms with van der Waals surface area (Å²) in [5.74, 6) is -3.72. The minimum atomic E-state index is -1.47. The van der Waals surface area contributed by atoms with Crippen molar-refractivity contribution in [2.75, 3.05) is 13.2 Å². The number of aliphatic hydroxyl groups is 1. The predicted molar refractivity (Wildman–Crippen MR) is 66.6 cm³/mol. The SMILES string of the molecule is C=CCOC1(CO)C=CC(C(=O)O)=C(C)C1C(=O)O. The molecule has 0 aromatic rings. The topological polar surface area (TPSA) is 104 Å². The Balaban J connectivity index is 3.29. The van der Waals surface area contributed by atoms with Crippen LogP contribution in [-0.4, -0.2) is 46.1 Å². The first kappa shape index (κ1) is 15.1. The van der Waals surface area contributed by atoms with Gasteiger partial charge in [-0.15, -0.1) is 6.58 Å². The Morgan fingerprint density at radius 3 is 2.58 bits per heavy atom. The van der Waals surface area contributed by atoms with E-state index in [0.29, 0.717) is 0 Å². The second-order valence-electron chi connectivity index (χ2n) is 4.22. The molecule has 0 fully saturated rings. The van der Waals surface area contributed by atoms with Crippen molar-refractivity contribution in [1.29, 1.82) is 0 Å². The first-order valence-electron chi connectivity index (χ1n) is 5.61. The summed E-state index contributed by atoms with van der Waals surface area (Å²) in [5, 5.41) is 27.8. The van der Waals surface area contributed by atoms with Gasteiger partial charge in [0.2, 0.25) is 0 Å². The van der Waals surface area contributed by atoms with Crippen LogP contribution in [0.3, 0.4) is 0 Å². The number of hydrogen-bond acceptors (Lipinski definition) is 4. The van der Waals surface area contributed by atoms with Crippen LogP contribution in [0, 0.1) is 5.92 Å². The Kier molecular flexibility index (Phi) is 4.63. The Morgan fingerprint density at radius 1 is 1.53 bits per heavy atom. The summed E-state index contributed by atoms with van der Waals surface area (Å²) in [4.78, 5) is 22.4. The van der Waals surface area contributed by atoms with E-state index in [1.54, 1.807) is 0 Å². The van der Waals surface area contributed by atoms with Gasteiger partial charge in [0.15, 0.2) is 0 Å². The van der Waals surface area contributed by atoms with Gasteiger partial charge in [0.25, 0.3) is 0 Å². The molecule has 2 unspecified atom stereocenters. The second kappa shape index (κ2) is 5.81. The van der Waals surface area contributed by atoms with Crippen molar-refractivity contribution in [3.63, 3.8) is 0 Å². The van der Waals surface area contributed by atoms with Gasteiger partial charge in [0.1, 0.15) is 11.5 Å². The summed E-state index contributed by atoms with van der Waals surface area (Å²) in [6.45, 7) is 4.34. The van der Waals surface area contributed by atoms with Gasteiger partial charge in [0.05, 0.1) is 18.8 Å². The zero-order valence-electron chi connectivity index (χ0n) is 10.5. The molecule has 0 aromatic carbocycles. The van der Waals surface area contributed by atoms with Crippen LogP contribution in [0.5, 0.6) is 0 Å². The molecule has 3 N–H and O–H groups in total. The predicted octanol–water partition coefficient (Wildman–Crippen LogP) is 0.592. The molecule has 0 aromatic heterocycles. The lowest BCUT2D eigenvalue weighted by molar-refractivity contribution is -0.152. The molecule has 1 aliphatic rings. The molecule has 0 saturated carbocycles. The van der Waals surface area contributed by atoms with Crippen molar-refractivity contribution >= 4 is 11.9 Å². The number of hydrogen-bond donors (Lipinski definition) is 3. The summed E-state index contributed by atoms with van der Waals surface area (Å²) in [5.41, 5.74) is -1.43. The fraction of sp³-hybridized carbons (Fsp3) is 0.385. The van der Waals surface area contributed by atoms with Crippen molar-refractivity contribution in [3.05, 3.63) is 36.0 Å². The van der Waals surface area contributed by atoms with Crippen LogP contribution in [0.4, 0.5) is 0 Å². The maximum Gasteiger partial charge on any atom is 0.335 e. The fourth-order valence-electron chi connectivity index (χ4n) is 2.14. The molecule has 0 bridgehead atoms. The zero-order valence-corrected chi connectivity index (χ0v) is 10.5. The molecule has 1 rings (SSSR count). The molecule has 0 saturated heterocycles. The molecule has 0 heterocycles. The Bertz CT molecular complexity index is 462. The molecular formula is C13H16O6. The summed E-state index contributed by atoms with van der Waals surface area (Å²) in [6, 6.07) is 0. The van der Waals surface area contributed by atoms with Crippen LogP contribution in [0.2, 0.25) is 0 Å². The van der Waals surface area contributed by atoms with E-state index in [2.05, 4.69) is 6.58 Å². The lowest BCUT2D eigenvalue weighted by Gasteiger charge is -2.37. The van der Waals surface area contributed by atoms with Crippen molar-refractivity contribution in [1.82, 2.24) is 0 Å². The molecule has 0 spiro atoms. The van der Waals surface area contributed by atoms with Gasteiger partial charge in [-0.25, -0.2) is 4.79 Å². The monoisotopic (exact) mass is 268 g/mol. The quantitative estimate of drug-likeness (QED) is 0.609. The lowest BCUT2D eigenvalue weighted by atomic mass is 9.76. The molecule has 2 atom stereocenters. The van der Waals surface area contributed by atoms with Crippen LogP contribution in [0.1, 0.15) is 6.92 Å². The largest absolute Gasteiger partial charge is 0.481 e. The van der Waals surface area contributed by atoms with E-state index in [4.69, 9.17) is 9.84 Å². The smallest absolute Gasteiger partial charge is 0.335 e. The third kappa shape index (κ3) is 2.74. The molecule has 104 valence electrons. The van der Waals surface area contributed by atoms with Crippen LogP contribution in [0.15, 0.2) is 36.0 Å². The van der Waals surface area contributed by atoms with E-state index in [1.165, 1.54) is 25.2 Å². The Hall–Kier alpha value is -1.92. The van der Waals surface area contributed by atoms with Crippen LogP contribution in [-0.2, 0) is 14.3 Å². The third-order valence-electron chi connectivity index (χ3n) is 3.07. The average molecular weight is 268 g/mol. The van der Waals surface area contributed by atoms with Gasteiger partial charge in [-0.3, -0.25) is 4.79 Å². The van der Waals surface area contributed by atoms with E-state index in [-0.39, 0.29) is 17.8 Å². The number of carboxylic acids is 2. The third-order valence-corrected chi connectivity index (χ3v) is 3.07. The van der Waals surface area contributed by atoms with Gasteiger partial charge in [-0.05, 0) is 24.6 Å². The first-order valence-corrected chi connectivity index (χ1v) is 5.61. The van der Waals surface area contributed by atoms with Crippen LogP contribution < -0.4 is 0 Å². The van der Waals surface area contributed by atoms with Crippen molar-refractivity contribution in [3.8, 4) is 0 Å². The lowest BCUT2D eigenvalue weighted by Crippen LogP contribution is -2.49. The number of rotatable bonds is 6. The van der Waals surface area contributed by atoms with E-state index in [9.17, 15) is 19.8 Å². The first-order chi connectivity index (χ1) is 8.89. The number of ether oxygens (including phenoxy) is 1. The molecule has 6 nitrogen and oxygen atoms in total. The molecule has 0 aliphatic heterocycles. The maximum atomic E-state index is 11.4. The normalized spacial score (nSPS) is 26.3. The minimum Gasteiger partial charge on any atom is -0.481 e. The molecule has 0 amide bonds. The maximum absolute atomic E-state index is 11.4. The van der Waals surface area contributed by atoms with E-state index >= 15 is 0 Å². The molecular weight excluding hydrogens is 252 g/mol. The summed E-state index contributed by atoms with van der Waals surface area (Å²) in [7, 11) is 0. The molecule has 1 aliphatic carbocycles. The second-order valence-corrected chi connectivity index (χ2v) is 4.22. The highest BCUT2D eigenvalue weighted by molar-refractivity contribution is 5.93. The van der Waals surface area contributed by atoms with Crippen molar-refractivity contribution in [2.24, 2.45) is 5.92 Å². The average Bonchev–Trinajstić information content (AvgIpc) is 2.35. The highest BCUT2D eigenvalue weighted by Crippen LogP contribution is 2.36. The van der Waals surface area contributed by atoms with Gasteiger partial charge in [0, 0.05) is 0 Å². The van der Waals surface area contributed by atoms with Crippen LogP contribution >= 0.6 is 0 Å². The highest BCUT2D eigenvalue weighted by Gasteiger charge is 2.46. The van der Waals surface area contributed by atoms with E-state index < -0.39 is 30.1 Å². The van der Waals surface area contributed by atoms with E-state index in [1.807, 2.05) is 0 Å². The number of aliphatic hydroxyl groups excluding tert-OH is 1. The zero-order chi connectivity index (χ0) is 14.6. The van der Waals surface area contributed by atoms with Crippen LogP contribution in [0.25, 0.3) is 0 Å². The number of aliphatic carboxylic acids is 2. The van der Waals surface area contributed by atoms with Crippen molar-refractivity contribution in [2.45, 2.75) is 12.5 Å². The van der Waals surface area contributed by atoms with Crippen molar-refractivity contribution < 1.29 is 29.6 Å². The van der Waals surface area contributed by atoms with E-state index in [0.717, 1.165) is 0 Å². The highest BCUT2D eigenvalue weighted by atomic mass is 16.5. The molecule has 19 heavy (non-hydrogen) atoms. The summed E-state index contributed by atoms with van der Waals surface area (Å²) < 4.78 is 5.38. The molecule has 0 radical (unpaired) electrons. The number of carbonyl (C=O) groups is 2. The summed E-state index contributed by atoms with van der Waals surface area (Å²) in [6.07, 6.45) is 3.97. The van der Waals surface area contributed by atoms with Gasteiger partial charge < -0.3 is 20.1 Å².